The van der Waals surface area contributed by atoms with E-state index in [9.17, 15) is 4.79 Å². The van der Waals surface area contributed by atoms with Crippen LogP contribution in [0.15, 0.2) is 16.5 Å². The Morgan fingerprint density at radius 3 is 2.77 bits per heavy atom. The van der Waals surface area contributed by atoms with E-state index in [2.05, 4.69) is 31.8 Å². The minimum Gasteiger partial charge on any atom is -0.461 e. The lowest BCUT2D eigenvalue weighted by molar-refractivity contribution is 0.0517. The maximum Gasteiger partial charge on any atom is 0.360 e. The second kappa shape index (κ2) is 7.58. The molecule has 0 unspecified atom stereocenters. The van der Waals surface area contributed by atoms with Crippen LogP contribution in [0.2, 0.25) is 0 Å². The molecule has 2 aromatic heterocycles. The third-order valence-electron chi connectivity index (χ3n) is 3.13. The van der Waals surface area contributed by atoms with Crippen molar-refractivity contribution in [3.8, 4) is 10.8 Å². The first-order valence-corrected chi connectivity index (χ1v) is 8.62. The molecule has 120 valence electrons. The lowest BCUT2D eigenvalue weighted by atomic mass is 10.1. The molecule has 0 radical (unpaired) electrons. The molecular formula is C17H23NO3S. The molecule has 0 aliphatic carbocycles. The van der Waals surface area contributed by atoms with Crippen molar-refractivity contribution in [2.75, 3.05) is 6.61 Å². The van der Waals surface area contributed by atoms with Crippen LogP contribution in [0.3, 0.4) is 0 Å². The fourth-order valence-corrected chi connectivity index (χ4v) is 3.23. The number of rotatable bonds is 7. The van der Waals surface area contributed by atoms with E-state index >= 15 is 0 Å². The van der Waals surface area contributed by atoms with E-state index in [4.69, 9.17) is 9.15 Å². The smallest absolute Gasteiger partial charge is 0.360 e. The summed E-state index contributed by atoms with van der Waals surface area (Å²) < 4.78 is 11.0. The van der Waals surface area contributed by atoms with E-state index in [1.54, 1.807) is 18.3 Å². The lowest BCUT2D eigenvalue weighted by Gasteiger charge is -2.03. The number of ether oxygens (including phenoxy) is 1. The molecule has 0 fully saturated rings. The third-order valence-corrected chi connectivity index (χ3v) is 4.26. The second-order valence-electron chi connectivity index (χ2n) is 5.63. The summed E-state index contributed by atoms with van der Waals surface area (Å²) in [6, 6.07) is 4.11. The largest absolute Gasteiger partial charge is 0.461 e. The van der Waals surface area contributed by atoms with E-state index < -0.39 is 5.97 Å². The van der Waals surface area contributed by atoms with Crippen LogP contribution in [-0.2, 0) is 17.6 Å². The summed E-state index contributed by atoms with van der Waals surface area (Å²) in [5, 5.41) is 0. The first-order valence-electron chi connectivity index (χ1n) is 7.81. The van der Waals surface area contributed by atoms with Crippen LogP contribution in [0.1, 0.15) is 55.2 Å². The topological polar surface area (TPSA) is 52.3 Å². The normalized spacial score (nSPS) is 11.1. The number of hydrogen-bond donors (Lipinski definition) is 0. The van der Waals surface area contributed by atoms with Crippen LogP contribution in [0.25, 0.3) is 10.8 Å². The first kappa shape index (κ1) is 16.7. The Kier molecular flexibility index (Phi) is 5.77. The number of aromatic nitrogens is 1. The number of nitrogens with zero attached hydrogens (tertiary/aromatic N) is 1. The molecular weight excluding hydrogens is 298 g/mol. The monoisotopic (exact) mass is 321 g/mol. The zero-order valence-electron chi connectivity index (χ0n) is 13.6. The molecule has 0 aliphatic heterocycles. The highest BCUT2D eigenvalue weighted by molar-refractivity contribution is 7.15. The molecule has 0 amide bonds. The molecule has 0 bridgehead atoms. The average molecular weight is 321 g/mol. The molecule has 2 heterocycles. The van der Waals surface area contributed by atoms with E-state index in [1.807, 2.05) is 6.07 Å². The molecule has 0 saturated carbocycles. The Hall–Kier alpha value is -1.62. The van der Waals surface area contributed by atoms with Crippen molar-refractivity contribution in [3.05, 3.63) is 28.5 Å². The SMILES string of the molecule is CCCc1ccc(-c2nc(C(=O)OCC)c(CC(C)C)o2)s1. The van der Waals surface area contributed by atoms with Gasteiger partial charge in [-0.2, -0.15) is 0 Å². The van der Waals surface area contributed by atoms with Crippen LogP contribution in [0, 0.1) is 5.92 Å². The van der Waals surface area contributed by atoms with E-state index in [0.29, 0.717) is 36.3 Å². The maximum absolute atomic E-state index is 12.1. The number of hydrogen-bond acceptors (Lipinski definition) is 5. The number of thiophene rings is 1. The van der Waals surface area contributed by atoms with Gasteiger partial charge in [0.15, 0.2) is 5.69 Å². The third kappa shape index (κ3) is 3.97. The molecule has 4 nitrogen and oxygen atoms in total. The summed E-state index contributed by atoms with van der Waals surface area (Å²) in [4.78, 5) is 18.7. The van der Waals surface area contributed by atoms with E-state index in [-0.39, 0.29) is 0 Å². The van der Waals surface area contributed by atoms with Crippen molar-refractivity contribution in [1.82, 2.24) is 4.98 Å². The van der Waals surface area contributed by atoms with Crippen molar-refractivity contribution < 1.29 is 13.9 Å². The Balaban J connectivity index is 2.33. The minimum absolute atomic E-state index is 0.316. The van der Waals surface area contributed by atoms with Crippen LogP contribution < -0.4 is 0 Å². The van der Waals surface area contributed by atoms with Gasteiger partial charge in [-0.05, 0) is 31.4 Å². The standard InChI is InChI=1S/C17H23NO3S/c1-5-7-12-8-9-14(22-12)16-18-15(17(19)20-6-2)13(21-16)10-11(3)4/h8-9,11H,5-7,10H2,1-4H3. The van der Waals surface area contributed by atoms with Crippen molar-refractivity contribution in [3.63, 3.8) is 0 Å². The van der Waals surface area contributed by atoms with Gasteiger partial charge < -0.3 is 9.15 Å². The molecule has 2 aromatic rings. The summed E-state index contributed by atoms with van der Waals surface area (Å²) in [6.45, 7) is 8.45. The van der Waals surface area contributed by atoms with Gasteiger partial charge in [0.2, 0.25) is 5.89 Å². The first-order chi connectivity index (χ1) is 10.5. The van der Waals surface area contributed by atoms with E-state index in [1.165, 1.54) is 4.88 Å². The fourth-order valence-electron chi connectivity index (χ4n) is 2.20. The number of oxazole rings is 1. The molecule has 5 heteroatoms. The summed E-state index contributed by atoms with van der Waals surface area (Å²) >= 11 is 1.67. The molecule has 0 aromatic carbocycles. The highest BCUT2D eigenvalue weighted by atomic mass is 32.1. The van der Waals surface area contributed by atoms with Crippen molar-refractivity contribution in [2.45, 2.75) is 47.0 Å². The van der Waals surface area contributed by atoms with Gasteiger partial charge in [0, 0.05) is 11.3 Å². The predicted octanol–water partition coefficient (Wildman–Crippen LogP) is 4.73. The number of carbonyl (C=O) groups excluding carboxylic acids is 1. The fraction of sp³-hybridized carbons (Fsp3) is 0.529. The van der Waals surface area contributed by atoms with E-state index in [0.717, 1.165) is 17.7 Å². The van der Waals surface area contributed by atoms with Gasteiger partial charge in [-0.1, -0.05) is 27.2 Å². The van der Waals surface area contributed by atoms with Crippen LogP contribution in [0.4, 0.5) is 0 Å². The molecule has 22 heavy (non-hydrogen) atoms. The maximum atomic E-state index is 12.1. The number of carbonyl (C=O) groups is 1. The predicted molar refractivity (Wildman–Crippen MR) is 88.3 cm³/mol. The van der Waals surface area contributed by atoms with Gasteiger partial charge in [0.05, 0.1) is 11.5 Å². The van der Waals surface area contributed by atoms with Crippen LogP contribution in [0.5, 0.6) is 0 Å². The van der Waals surface area contributed by atoms with Crippen LogP contribution >= 0.6 is 11.3 Å². The Labute approximate surface area is 135 Å². The van der Waals surface area contributed by atoms with Crippen molar-refractivity contribution in [2.24, 2.45) is 5.92 Å². The highest BCUT2D eigenvalue weighted by Crippen LogP contribution is 2.30. The summed E-state index contributed by atoms with van der Waals surface area (Å²) in [7, 11) is 0. The molecule has 0 aliphatic rings. The molecule has 2 rings (SSSR count). The zero-order valence-corrected chi connectivity index (χ0v) is 14.5. The van der Waals surface area contributed by atoms with Gasteiger partial charge in [0.25, 0.3) is 0 Å². The number of aryl methyl sites for hydroxylation is 1. The summed E-state index contributed by atoms with van der Waals surface area (Å²) in [6.07, 6.45) is 2.83. The van der Waals surface area contributed by atoms with Gasteiger partial charge in [-0.25, -0.2) is 9.78 Å². The zero-order chi connectivity index (χ0) is 16.1. The summed E-state index contributed by atoms with van der Waals surface area (Å²) in [5.41, 5.74) is 0.316. The van der Waals surface area contributed by atoms with Crippen LogP contribution in [-0.4, -0.2) is 17.6 Å². The van der Waals surface area contributed by atoms with Gasteiger partial charge in [-0.3, -0.25) is 0 Å². The average Bonchev–Trinajstić information content (AvgIpc) is 3.05. The highest BCUT2D eigenvalue weighted by Gasteiger charge is 2.23. The molecule has 0 atom stereocenters. The molecule has 0 N–H and O–H groups in total. The summed E-state index contributed by atoms with van der Waals surface area (Å²) in [5.74, 6) is 1.12. The Morgan fingerprint density at radius 2 is 2.14 bits per heavy atom. The lowest BCUT2D eigenvalue weighted by Crippen LogP contribution is -2.09. The Bertz CT molecular complexity index is 628. The molecule has 0 spiro atoms. The number of esters is 1. The quantitative estimate of drug-likeness (QED) is 0.692. The Morgan fingerprint density at radius 1 is 1.36 bits per heavy atom. The molecule has 0 saturated heterocycles. The van der Waals surface area contributed by atoms with Gasteiger partial charge in [0.1, 0.15) is 5.76 Å². The minimum atomic E-state index is -0.404. The van der Waals surface area contributed by atoms with Crippen molar-refractivity contribution in [1.29, 1.82) is 0 Å². The van der Waals surface area contributed by atoms with Gasteiger partial charge in [-0.15, -0.1) is 11.3 Å². The van der Waals surface area contributed by atoms with Gasteiger partial charge >= 0.3 is 5.97 Å². The van der Waals surface area contributed by atoms with Crippen molar-refractivity contribution >= 4 is 17.3 Å². The second-order valence-corrected chi connectivity index (χ2v) is 6.79.